The van der Waals surface area contributed by atoms with E-state index in [1.165, 1.54) is 17.6 Å². The molecule has 3 aromatic carbocycles. The predicted molar refractivity (Wildman–Crippen MR) is 284 cm³/mol. The second kappa shape index (κ2) is 28.2. The lowest BCUT2D eigenvalue weighted by Gasteiger charge is -2.41. The molecule has 3 atom stereocenters. The maximum atomic E-state index is 13.9. The lowest BCUT2D eigenvalue weighted by atomic mass is 9.89. The van der Waals surface area contributed by atoms with Gasteiger partial charge in [0.2, 0.25) is 23.6 Å². The lowest BCUT2D eigenvalue weighted by Crippen LogP contribution is -2.52. The number of ketones is 1. The van der Waals surface area contributed by atoms with Gasteiger partial charge in [-0.15, -0.1) is 0 Å². The minimum absolute atomic E-state index is 0.0204. The third-order valence-electron chi connectivity index (χ3n) is 14.0. The normalized spacial score (nSPS) is 16.2. The van der Waals surface area contributed by atoms with E-state index in [4.69, 9.17) is 24.7 Å². The van der Waals surface area contributed by atoms with E-state index in [9.17, 15) is 28.8 Å². The molecular formula is C55H74N11O10+. The summed E-state index contributed by atoms with van der Waals surface area (Å²) in [6.45, 7) is 11.6. The van der Waals surface area contributed by atoms with Gasteiger partial charge >= 0.3 is 6.03 Å². The van der Waals surface area contributed by atoms with Crippen LogP contribution in [0, 0.1) is 17.8 Å². The molecule has 0 bridgehead atoms. The van der Waals surface area contributed by atoms with Gasteiger partial charge in [-0.05, 0) is 80.5 Å². The van der Waals surface area contributed by atoms with Crippen LogP contribution in [-0.4, -0.2) is 155 Å². The number of Topliss-reactive ketones (excluding diaryl/α,β-unsaturated/α-hetero) is 1. The van der Waals surface area contributed by atoms with Gasteiger partial charge in [0.25, 0.3) is 0 Å². The van der Waals surface area contributed by atoms with Crippen molar-refractivity contribution in [3.8, 4) is 28.4 Å². The number of anilines is 1. The summed E-state index contributed by atoms with van der Waals surface area (Å²) in [5.74, 6) is -1.13. The quantitative estimate of drug-likeness (QED) is 0.0181. The molecule has 0 saturated carbocycles. The molecule has 21 nitrogen and oxygen atoms in total. The number of amides is 6. The predicted octanol–water partition coefficient (Wildman–Crippen LogP) is 5.53. The van der Waals surface area contributed by atoms with E-state index in [0.717, 1.165) is 82.5 Å². The molecule has 5 aromatic rings. The highest BCUT2D eigenvalue weighted by molar-refractivity contribution is 6.03. The zero-order chi connectivity index (χ0) is 53.9. The highest BCUT2D eigenvalue weighted by Crippen LogP contribution is 2.32. The van der Waals surface area contributed by atoms with Gasteiger partial charge in [-0.3, -0.25) is 39.1 Å². The van der Waals surface area contributed by atoms with Gasteiger partial charge in [0, 0.05) is 65.4 Å². The van der Waals surface area contributed by atoms with Crippen LogP contribution < -0.4 is 26.4 Å². The number of primary amides is 1. The summed E-state index contributed by atoms with van der Waals surface area (Å²) in [7, 11) is 0. The second-order valence-corrected chi connectivity index (χ2v) is 20.1. The van der Waals surface area contributed by atoms with Gasteiger partial charge in [0.05, 0.1) is 70.8 Å². The minimum Gasteiger partial charge on any atom is -0.488 e. The van der Waals surface area contributed by atoms with Crippen LogP contribution in [0.1, 0.15) is 77.7 Å². The van der Waals surface area contributed by atoms with Crippen molar-refractivity contribution < 1.29 is 52.2 Å². The zero-order valence-electron chi connectivity index (χ0n) is 44.0. The SMILES string of the molecule is CC1CC(=O)N(CCOCCOCCOCCC(=O)N[C@H](C(=O)C[C@@H](CCCNC(N)=O)C(=O)Nc2ccc(C[N+]3(CCOc4cccc(-c5n[nH]c6ccc(-c7ncn[nH]7)cc56)c4)CCCCC3)cc2)C(C)C)C1=O. The molecule has 2 aromatic heterocycles. The van der Waals surface area contributed by atoms with Crippen molar-refractivity contribution in [1.29, 1.82) is 0 Å². The smallest absolute Gasteiger partial charge is 0.312 e. The molecule has 2 saturated heterocycles. The summed E-state index contributed by atoms with van der Waals surface area (Å²) in [4.78, 5) is 81.6. The Hall–Kier alpha value is -7.07. The van der Waals surface area contributed by atoms with Crippen molar-refractivity contribution in [1.82, 2.24) is 40.9 Å². The number of urea groups is 1. The van der Waals surface area contributed by atoms with Crippen LogP contribution in [-0.2, 0) is 44.7 Å². The van der Waals surface area contributed by atoms with Gasteiger partial charge in [0.15, 0.2) is 11.6 Å². The van der Waals surface area contributed by atoms with Crippen LogP contribution in [0.15, 0.2) is 73.1 Å². The van der Waals surface area contributed by atoms with E-state index in [2.05, 4.69) is 47.4 Å². The van der Waals surface area contributed by atoms with Crippen LogP contribution >= 0.6 is 0 Å². The average molecular weight is 1050 g/mol. The van der Waals surface area contributed by atoms with Crippen molar-refractivity contribution >= 4 is 52.0 Å². The van der Waals surface area contributed by atoms with E-state index >= 15 is 0 Å². The number of ether oxygens (including phenoxy) is 4. The first-order valence-electron chi connectivity index (χ1n) is 26.5. The number of quaternary nitrogens is 1. The van der Waals surface area contributed by atoms with E-state index < -0.39 is 18.0 Å². The molecule has 21 heteroatoms. The number of H-pyrrole nitrogens is 2. The molecule has 1 unspecified atom stereocenters. The fourth-order valence-electron chi connectivity index (χ4n) is 9.85. The Bertz CT molecular complexity index is 2710. The molecule has 4 heterocycles. The molecule has 7 N–H and O–H groups in total. The molecular weight excluding hydrogens is 975 g/mol. The number of benzene rings is 3. The van der Waals surface area contributed by atoms with Gasteiger partial charge in [-0.1, -0.05) is 45.0 Å². The third kappa shape index (κ3) is 16.5. The van der Waals surface area contributed by atoms with Crippen LogP contribution in [0.4, 0.5) is 10.5 Å². The number of nitrogens with two attached hydrogens (primary N) is 1. The summed E-state index contributed by atoms with van der Waals surface area (Å²) >= 11 is 0. The summed E-state index contributed by atoms with van der Waals surface area (Å²) in [6, 6.07) is 20.4. The number of carbonyl (C=O) groups is 6. The number of nitrogens with one attached hydrogen (secondary N) is 5. The molecule has 0 spiro atoms. The number of rotatable bonds is 31. The van der Waals surface area contributed by atoms with Crippen molar-refractivity contribution in [3.63, 3.8) is 0 Å². The van der Waals surface area contributed by atoms with E-state index in [1.54, 1.807) is 6.92 Å². The number of nitrogens with zero attached hydrogens (tertiary/aromatic N) is 5. The molecule has 2 aliphatic heterocycles. The highest BCUT2D eigenvalue weighted by Gasteiger charge is 2.35. The van der Waals surface area contributed by atoms with Crippen molar-refractivity contribution in [2.45, 2.75) is 84.7 Å². The fourth-order valence-corrected chi connectivity index (χ4v) is 9.85. The van der Waals surface area contributed by atoms with Crippen LogP contribution in [0.2, 0.25) is 0 Å². The Morgan fingerprint density at radius 3 is 2.32 bits per heavy atom. The lowest BCUT2D eigenvalue weighted by molar-refractivity contribution is -0.945. The third-order valence-corrected chi connectivity index (χ3v) is 14.0. The van der Waals surface area contributed by atoms with Crippen molar-refractivity contribution in [2.24, 2.45) is 23.5 Å². The molecule has 7 rings (SSSR count). The van der Waals surface area contributed by atoms with Crippen LogP contribution in [0.25, 0.3) is 33.5 Å². The fraction of sp³-hybridized carbons (Fsp3) is 0.509. The summed E-state index contributed by atoms with van der Waals surface area (Å²) in [6.07, 6.45) is 5.79. The molecule has 2 fully saturated rings. The number of likely N-dealkylation sites (tertiary alicyclic amines) is 2. The van der Waals surface area contributed by atoms with E-state index in [0.29, 0.717) is 37.6 Å². The first kappa shape index (κ1) is 56.7. The maximum absolute atomic E-state index is 13.9. The maximum Gasteiger partial charge on any atom is 0.312 e. The van der Waals surface area contributed by atoms with Crippen LogP contribution in [0.3, 0.4) is 0 Å². The Balaban J connectivity index is 0.862. The Morgan fingerprint density at radius 2 is 1.62 bits per heavy atom. The first-order chi connectivity index (χ1) is 36.8. The molecule has 6 amide bonds. The number of fused-ring (bicyclic) bond motifs is 1. The number of hydrogen-bond donors (Lipinski definition) is 6. The van der Waals surface area contributed by atoms with Crippen molar-refractivity contribution in [2.75, 3.05) is 84.3 Å². The number of imide groups is 1. The Labute approximate surface area is 443 Å². The number of aromatic nitrogens is 5. The Kier molecular flexibility index (Phi) is 21.0. The van der Waals surface area contributed by atoms with Gasteiger partial charge in [-0.2, -0.15) is 10.2 Å². The second-order valence-electron chi connectivity index (χ2n) is 20.1. The van der Waals surface area contributed by atoms with E-state index in [1.807, 2.05) is 74.5 Å². The Morgan fingerprint density at radius 1 is 0.868 bits per heavy atom. The monoisotopic (exact) mass is 1050 g/mol. The first-order valence-corrected chi connectivity index (χ1v) is 26.5. The summed E-state index contributed by atoms with van der Waals surface area (Å²) < 4.78 is 23.9. The standard InChI is InChI=1S/C55H73N11O10/c1-37(2)50(61-48(68)18-24-73-27-29-75-30-28-74-25-20-65-49(69)31-38(3)54(65)71)47(67)34-42(10-8-19-57-55(56)72)53(70)60-43-15-12-39(13-16-43)35-66(21-5-4-6-22-66)23-26-76-44-11-7-9-40(32-44)51-45-33-41(52-58-36-59-64-52)14-17-46(45)62-63-51/h7,9,11-17,32-33,36-38,42,50H,4-6,8,10,18-31,34-35H2,1-3H3,(H6-,56,57,58,59,60,61,62,63,64,68,70,72)/p+1/t38?,42-,50+/m1/s1. The van der Waals surface area contributed by atoms with Gasteiger partial charge < -0.3 is 45.1 Å². The molecule has 0 aliphatic carbocycles. The number of piperidine rings is 1. The average Bonchev–Trinajstić information content (AvgIpc) is 4.16. The molecule has 408 valence electrons. The topological polar surface area (TPSA) is 275 Å². The zero-order valence-corrected chi connectivity index (χ0v) is 44.0. The molecule has 0 radical (unpaired) electrons. The van der Waals surface area contributed by atoms with Gasteiger partial charge in [0.1, 0.15) is 37.5 Å². The highest BCUT2D eigenvalue weighted by atomic mass is 16.5. The van der Waals surface area contributed by atoms with Crippen molar-refractivity contribution in [3.05, 3.63) is 78.6 Å². The summed E-state index contributed by atoms with van der Waals surface area (Å²) in [5, 5.41) is 24.1. The van der Waals surface area contributed by atoms with E-state index in [-0.39, 0.29) is 107 Å². The number of aromatic amines is 2. The molecule has 2 aliphatic rings. The van der Waals surface area contributed by atoms with Gasteiger partial charge in [-0.25, -0.2) is 9.78 Å². The largest absolute Gasteiger partial charge is 0.488 e. The number of carbonyl (C=O) groups excluding carboxylic acids is 6. The van der Waals surface area contributed by atoms with Crippen LogP contribution in [0.5, 0.6) is 5.75 Å². The summed E-state index contributed by atoms with van der Waals surface area (Å²) in [5.41, 5.74) is 10.6. The number of hydrogen-bond acceptors (Lipinski definition) is 13. The molecule has 76 heavy (non-hydrogen) atoms. The minimum atomic E-state index is -0.830.